The van der Waals surface area contributed by atoms with Crippen LogP contribution in [0, 0.1) is 0 Å². The Labute approximate surface area is 123 Å². The number of ether oxygens (including phenoxy) is 1. The van der Waals surface area contributed by atoms with Gasteiger partial charge < -0.3 is 15.4 Å². The second kappa shape index (κ2) is 5.44. The van der Waals surface area contributed by atoms with E-state index in [2.05, 4.69) is 22.0 Å². The van der Waals surface area contributed by atoms with Gasteiger partial charge in [-0.15, -0.1) is 0 Å². The van der Waals surface area contributed by atoms with Gasteiger partial charge in [-0.25, -0.2) is 9.78 Å². The smallest absolute Gasteiger partial charge is 0.340 e. The quantitative estimate of drug-likeness (QED) is 0.858. The number of methoxy groups -OCH3 is 1. The number of esters is 1. The summed E-state index contributed by atoms with van der Waals surface area (Å²) >= 11 is 0. The van der Waals surface area contributed by atoms with Crippen LogP contribution in [-0.4, -0.2) is 24.6 Å². The molecule has 0 amide bonds. The number of rotatable bonds is 2. The van der Waals surface area contributed by atoms with Gasteiger partial charge in [-0.3, -0.25) is 0 Å². The molecule has 0 saturated heterocycles. The molecule has 0 spiro atoms. The standard InChI is InChI=1S/C16H17N3O2/c1-21-16(20)12-9-15(18-10-13(12)17)19-8-4-6-11-5-2-3-7-14(11)19/h2-3,5,7,9-10H,4,6,8,17H2,1H3. The molecule has 3 rings (SSSR count). The van der Waals surface area contributed by atoms with Gasteiger partial charge in [0.05, 0.1) is 24.6 Å². The summed E-state index contributed by atoms with van der Waals surface area (Å²) in [6, 6.07) is 9.95. The number of carbonyl (C=O) groups is 1. The molecule has 0 saturated carbocycles. The van der Waals surface area contributed by atoms with Crippen molar-refractivity contribution in [2.24, 2.45) is 0 Å². The van der Waals surface area contributed by atoms with Crippen molar-refractivity contribution in [2.45, 2.75) is 12.8 Å². The number of pyridine rings is 1. The molecule has 2 N–H and O–H groups in total. The predicted octanol–water partition coefficient (Wildman–Crippen LogP) is 2.53. The van der Waals surface area contributed by atoms with Crippen molar-refractivity contribution < 1.29 is 9.53 Å². The highest BCUT2D eigenvalue weighted by molar-refractivity contribution is 5.95. The van der Waals surface area contributed by atoms with Crippen LogP contribution < -0.4 is 10.6 Å². The molecule has 1 aliphatic rings. The third-order valence-electron chi connectivity index (χ3n) is 3.71. The third-order valence-corrected chi connectivity index (χ3v) is 3.71. The maximum atomic E-state index is 11.8. The number of nitrogens with zero attached hydrogens (tertiary/aromatic N) is 2. The first kappa shape index (κ1) is 13.4. The first-order valence-electron chi connectivity index (χ1n) is 6.90. The maximum absolute atomic E-state index is 11.8. The fourth-order valence-electron chi connectivity index (χ4n) is 2.66. The lowest BCUT2D eigenvalue weighted by Crippen LogP contribution is -2.25. The predicted molar refractivity (Wildman–Crippen MR) is 81.8 cm³/mol. The Balaban J connectivity index is 2.04. The first-order chi connectivity index (χ1) is 10.2. The van der Waals surface area contributed by atoms with E-state index in [9.17, 15) is 4.79 Å². The zero-order valence-electron chi connectivity index (χ0n) is 11.9. The molecule has 0 atom stereocenters. The van der Waals surface area contributed by atoms with Crippen LogP contribution in [0.1, 0.15) is 22.3 Å². The van der Waals surface area contributed by atoms with Gasteiger partial charge in [0.1, 0.15) is 5.82 Å². The lowest BCUT2D eigenvalue weighted by molar-refractivity contribution is 0.0602. The van der Waals surface area contributed by atoms with E-state index in [0.717, 1.165) is 30.9 Å². The highest BCUT2D eigenvalue weighted by Crippen LogP contribution is 2.33. The Morgan fingerprint density at radius 3 is 3.00 bits per heavy atom. The van der Waals surface area contributed by atoms with Crippen LogP contribution in [0.2, 0.25) is 0 Å². The number of aromatic nitrogens is 1. The molecule has 1 aromatic carbocycles. The minimum absolute atomic E-state index is 0.330. The molecule has 0 radical (unpaired) electrons. The van der Waals surface area contributed by atoms with Crippen LogP contribution in [0.4, 0.5) is 17.2 Å². The van der Waals surface area contributed by atoms with Crippen molar-refractivity contribution in [3.8, 4) is 0 Å². The number of nitrogens with two attached hydrogens (primary N) is 1. The number of aryl methyl sites for hydroxylation is 1. The molecule has 108 valence electrons. The van der Waals surface area contributed by atoms with E-state index in [-0.39, 0.29) is 0 Å². The van der Waals surface area contributed by atoms with Gasteiger partial charge in [0, 0.05) is 12.2 Å². The Hall–Kier alpha value is -2.56. The Morgan fingerprint density at radius 1 is 1.38 bits per heavy atom. The van der Waals surface area contributed by atoms with E-state index < -0.39 is 5.97 Å². The van der Waals surface area contributed by atoms with Gasteiger partial charge in [-0.05, 0) is 30.5 Å². The van der Waals surface area contributed by atoms with Crippen LogP contribution in [0.5, 0.6) is 0 Å². The number of hydrogen-bond acceptors (Lipinski definition) is 5. The molecule has 5 nitrogen and oxygen atoms in total. The molecule has 0 unspecified atom stereocenters. The molecule has 1 aliphatic heterocycles. The minimum Gasteiger partial charge on any atom is -0.465 e. The van der Waals surface area contributed by atoms with Crippen LogP contribution >= 0.6 is 0 Å². The molecule has 2 heterocycles. The average Bonchev–Trinajstić information content (AvgIpc) is 2.54. The third kappa shape index (κ3) is 2.42. The van der Waals surface area contributed by atoms with Crippen molar-refractivity contribution in [2.75, 3.05) is 24.3 Å². The van der Waals surface area contributed by atoms with E-state index in [0.29, 0.717) is 11.3 Å². The summed E-state index contributed by atoms with van der Waals surface area (Å²) in [6.45, 7) is 0.870. The number of anilines is 3. The van der Waals surface area contributed by atoms with Gasteiger partial charge in [0.2, 0.25) is 0 Å². The number of carbonyl (C=O) groups excluding carboxylic acids is 1. The molecule has 0 aliphatic carbocycles. The highest BCUT2D eigenvalue weighted by Gasteiger charge is 2.21. The zero-order chi connectivity index (χ0) is 14.8. The van der Waals surface area contributed by atoms with Crippen LogP contribution in [0.3, 0.4) is 0 Å². The molecule has 0 bridgehead atoms. The van der Waals surface area contributed by atoms with Gasteiger partial charge >= 0.3 is 5.97 Å². The van der Waals surface area contributed by atoms with Gasteiger partial charge in [-0.1, -0.05) is 18.2 Å². The average molecular weight is 283 g/mol. The van der Waals surface area contributed by atoms with Gasteiger partial charge in [0.15, 0.2) is 0 Å². The zero-order valence-corrected chi connectivity index (χ0v) is 11.9. The van der Waals surface area contributed by atoms with Crippen molar-refractivity contribution >= 4 is 23.2 Å². The Kier molecular flexibility index (Phi) is 3.48. The molecule has 21 heavy (non-hydrogen) atoms. The molecule has 2 aromatic rings. The number of benzene rings is 1. The number of para-hydroxylation sites is 1. The lowest BCUT2D eigenvalue weighted by atomic mass is 10.0. The normalized spacial score (nSPS) is 13.7. The summed E-state index contributed by atoms with van der Waals surface area (Å²) in [5.74, 6) is 0.276. The van der Waals surface area contributed by atoms with E-state index in [4.69, 9.17) is 10.5 Å². The van der Waals surface area contributed by atoms with Gasteiger partial charge in [-0.2, -0.15) is 0 Å². The fourth-order valence-corrected chi connectivity index (χ4v) is 2.66. The Morgan fingerprint density at radius 2 is 2.19 bits per heavy atom. The molecule has 5 heteroatoms. The summed E-state index contributed by atoms with van der Waals surface area (Å²) in [4.78, 5) is 18.3. The van der Waals surface area contributed by atoms with Crippen molar-refractivity contribution in [1.82, 2.24) is 4.98 Å². The topological polar surface area (TPSA) is 68.5 Å². The largest absolute Gasteiger partial charge is 0.465 e. The van der Waals surface area contributed by atoms with E-state index >= 15 is 0 Å². The maximum Gasteiger partial charge on any atom is 0.340 e. The van der Waals surface area contributed by atoms with Crippen molar-refractivity contribution in [3.63, 3.8) is 0 Å². The molecule has 0 fully saturated rings. The highest BCUT2D eigenvalue weighted by atomic mass is 16.5. The SMILES string of the molecule is COC(=O)c1cc(N2CCCc3ccccc32)ncc1N. The minimum atomic E-state index is -0.443. The van der Waals surface area contributed by atoms with Crippen LogP contribution in [0.15, 0.2) is 36.5 Å². The number of fused-ring (bicyclic) bond motifs is 1. The second-order valence-electron chi connectivity index (χ2n) is 5.01. The monoisotopic (exact) mass is 283 g/mol. The summed E-state index contributed by atoms with van der Waals surface area (Å²) in [5, 5.41) is 0. The van der Waals surface area contributed by atoms with Gasteiger partial charge in [0.25, 0.3) is 0 Å². The van der Waals surface area contributed by atoms with E-state index in [1.807, 2.05) is 12.1 Å². The molecule has 1 aromatic heterocycles. The van der Waals surface area contributed by atoms with Crippen molar-refractivity contribution in [1.29, 1.82) is 0 Å². The Bertz CT molecular complexity index is 685. The first-order valence-corrected chi connectivity index (χ1v) is 6.90. The summed E-state index contributed by atoms with van der Waals surface area (Å²) in [6.07, 6.45) is 3.63. The van der Waals surface area contributed by atoms with Crippen LogP contribution in [-0.2, 0) is 11.2 Å². The summed E-state index contributed by atoms with van der Waals surface area (Å²) in [5.41, 5.74) is 8.92. The second-order valence-corrected chi connectivity index (χ2v) is 5.01. The number of hydrogen-bond donors (Lipinski definition) is 1. The van der Waals surface area contributed by atoms with Crippen LogP contribution in [0.25, 0.3) is 0 Å². The molecular weight excluding hydrogens is 266 g/mol. The summed E-state index contributed by atoms with van der Waals surface area (Å²) in [7, 11) is 1.35. The van der Waals surface area contributed by atoms with Crippen molar-refractivity contribution in [3.05, 3.63) is 47.7 Å². The lowest BCUT2D eigenvalue weighted by Gasteiger charge is -2.30. The number of nitrogen functional groups attached to an aromatic ring is 1. The fraction of sp³-hybridized carbons (Fsp3) is 0.250. The van der Waals surface area contributed by atoms with E-state index in [1.165, 1.54) is 18.9 Å². The van der Waals surface area contributed by atoms with E-state index in [1.54, 1.807) is 6.07 Å². The molecular formula is C16H17N3O2. The summed E-state index contributed by atoms with van der Waals surface area (Å²) < 4.78 is 4.76.